The van der Waals surface area contributed by atoms with Gasteiger partial charge in [-0.25, -0.2) is 4.99 Å². The summed E-state index contributed by atoms with van der Waals surface area (Å²) in [6.07, 6.45) is 0. The average Bonchev–Trinajstić information content (AvgIpc) is 2.71. The van der Waals surface area contributed by atoms with Gasteiger partial charge in [-0.1, -0.05) is 30.3 Å². The summed E-state index contributed by atoms with van der Waals surface area (Å²) < 4.78 is 5.37. The smallest absolute Gasteiger partial charge is 0.244 e. The van der Waals surface area contributed by atoms with Crippen LogP contribution in [0.2, 0.25) is 0 Å². The van der Waals surface area contributed by atoms with Gasteiger partial charge in [-0.15, -0.1) is 0 Å². The second-order valence-electron chi connectivity index (χ2n) is 6.47. The monoisotopic (exact) mass is 375 g/mol. The van der Waals surface area contributed by atoms with Gasteiger partial charge in [-0.05, 0) is 19.4 Å². The van der Waals surface area contributed by atoms with E-state index in [2.05, 4.69) is 20.5 Å². The molecular weight excluding hydrogens is 342 g/mol. The molecule has 1 aromatic rings. The third-order valence-corrected chi connectivity index (χ3v) is 4.49. The lowest BCUT2D eigenvalue weighted by Crippen LogP contribution is -2.44. The Morgan fingerprint density at radius 2 is 1.93 bits per heavy atom. The summed E-state index contributed by atoms with van der Waals surface area (Å²) in [5.41, 5.74) is 1.13. The molecule has 1 saturated heterocycles. The number of hydrogen-bond acceptors (Lipinski definition) is 4. The van der Waals surface area contributed by atoms with Crippen LogP contribution in [0.15, 0.2) is 35.3 Å². The van der Waals surface area contributed by atoms with Gasteiger partial charge < -0.3 is 20.3 Å². The molecule has 7 heteroatoms. The lowest BCUT2D eigenvalue weighted by molar-refractivity contribution is -0.130. The van der Waals surface area contributed by atoms with Crippen molar-refractivity contribution >= 4 is 11.9 Å². The van der Waals surface area contributed by atoms with Gasteiger partial charge in [-0.2, -0.15) is 0 Å². The van der Waals surface area contributed by atoms with E-state index >= 15 is 0 Å². The molecule has 0 atom stereocenters. The zero-order chi connectivity index (χ0) is 19.3. The molecule has 0 spiro atoms. The van der Waals surface area contributed by atoms with Crippen LogP contribution in [0.5, 0.6) is 0 Å². The number of morpholine rings is 1. The molecule has 7 nitrogen and oxygen atoms in total. The minimum Gasteiger partial charge on any atom is -0.379 e. The number of benzene rings is 1. The highest BCUT2D eigenvalue weighted by molar-refractivity contribution is 5.84. The topological polar surface area (TPSA) is 69.2 Å². The summed E-state index contributed by atoms with van der Waals surface area (Å²) in [6, 6.07) is 10.0. The van der Waals surface area contributed by atoms with Crippen molar-refractivity contribution in [2.24, 2.45) is 4.99 Å². The van der Waals surface area contributed by atoms with Crippen LogP contribution in [-0.4, -0.2) is 80.7 Å². The van der Waals surface area contributed by atoms with E-state index in [1.165, 1.54) is 0 Å². The molecule has 1 fully saturated rings. The molecule has 1 aliphatic rings. The fraction of sp³-hybridized carbons (Fsp3) is 0.600. The van der Waals surface area contributed by atoms with E-state index < -0.39 is 0 Å². The molecule has 150 valence electrons. The second kappa shape index (κ2) is 12.3. The highest BCUT2D eigenvalue weighted by Crippen LogP contribution is 2.04. The summed E-state index contributed by atoms with van der Waals surface area (Å²) in [5.74, 6) is 0.724. The maximum Gasteiger partial charge on any atom is 0.244 e. The van der Waals surface area contributed by atoms with Crippen LogP contribution in [0.4, 0.5) is 0 Å². The van der Waals surface area contributed by atoms with Crippen LogP contribution in [0.1, 0.15) is 19.4 Å². The molecule has 27 heavy (non-hydrogen) atoms. The first-order valence-electron chi connectivity index (χ1n) is 9.87. The molecule has 1 heterocycles. The van der Waals surface area contributed by atoms with Crippen LogP contribution in [0, 0.1) is 0 Å². The fourth-order valence-corrected chi connectivity index (χ4v) is 2.93. The lowest BCUT2D eigenvalue weighted by atomic mass is 10.2. The van der Waals surface area contributed by atoms with Crippen molar-refractivity contribution in [2.75, 3.05) is 59.0 Å². The SMILES string of the molecule is CCNC(=NCC(=O)N(CC)Cc1ccccc1)NCCN1CCOCC1. The largest absolute Gasteiger partial charge is 0.379 e. The molecule has 1 aliphatic heterocycles. The predicted octanol–water partition coefficient (Wildman–Crippen LogP) is 0.922. The molecule has 1 amide bonds. The molecule has 2 N–H and O–H groups in total. The fourth-order valence-electron chi connectivity index (χ4n) is 2.93. The lowest BCUT2D eigenvalue weighted by Gasteiger charge is -2.26. The van der Waals surface area contributed by atoms with Crippen molar-refractivity contribution in [3.05, 3.63) is 35.9 Å². The van der Waals surface area contributed by atoms with Gasteiger partial charge in [0.2, 0.25) is 5.91 Å². The summed E-state index contributed by atoms with van der Waals surface area (Å²) in [4.78, 5) is 21.2. The zero-order valence-corrected chi connectivity index (χ0v) is 16.6. The minimum atomic E-state index is 0.0340. The molecular formula is C20H33N5O2. The average molecular weight is 376 g/mol. The minimum absolute atomic E-state index is 0.0340. The van der Waals surface area contributed by atoms with Crippen LogP contribution in [-0.2, 0) is 16.1 Å². The molecule has 0 radical (unpaired) electrons. The Morgan fingerprint density at radius 1 is 1.19 bits per heavy atom. The number of ether oxygens (including phenoxy) is 1. The molecule has 0 aromatic heterocycles. The van der Waals surface area contributed by atoms with Gasteiger partial charge in [0.15, 0.2) is 5.96 Å². The van der Waals surface area contributed by atoms with Gasteiger partial charge in [-0.3, -0.25) is 9.69 Å². The van der Waals surface area contributed by atoms with E-state index in [0.29, 0.717) is 19.0 Å². The van der Waals surface area contributed by atoms with E-state index in [0.717, 1.165) is 51.5 Å². The van der Waals surface area contributed by atoms with Crippen molar-refractivity contribution in [2.45, 2.75) is 20.4 Å². The van der Waals surface area contributed by atoms with Crippen molar-refractivity contribution < 1.29 is 9.53 Å². The van der Waals surface area contributed by atoms with Crippen molar-refractivity contribution in [3.8, 4) is 0 Å². The van der Waals surface area contributed by atoms with E-state index in [4.69, 9.17) is 4.74 Å². The summed E-state index contributed by atoms with van der Waals surface area (Å²) in [5, 5.41) is 6.52. The first kappa shape index (κ1) is 21.2. The highest BCUT2D eigenvalue weighted by Gasteiger charge is 2.13. The first-order chi connectivity index (χ1) is 13.2. The van der Waals surface area contributed by atoms with Crippen molar-refractivity contribution in [1.29, 1.82) is 0 Å². The van der Waals surface area contributed by atoms with Crippen molar-refractivity contribution in [1.82, 2.24) is 20.4 Å². The third kappa shape index (κ3) is 7.97. The maximum absolute atomic E-state index is 12.5. The van der Waals surface area contributed by atoms with Crippen molar-refractivity contribution in [3.63, 3.8) is 0 Å². The van der Waals surface area contributed by atoms with Crippen LogP contribution in [0.25, 0.3) is 0 Å². The standard InChI is InChI=1S/C20H33N5O2/c1-3-21-20(22-10-11-24-12-14-27-15-13-24)23-16-19(26)25(4-2)17-18-8-6-5-7-9-18/h5-9H,3-4,10-17H2,1-2H3,(H2,21,22,23). The Morgan fingerprint density at radius 3 is 2.59 bits per heavy atom. The number of carbonyl (C=O) groups excluding carboxylic acids is 1. The number of hydrogen-bond donors (Lipinski definition) is 2. The normalized spacial score (nSPS) is 15.4. The van der Waals surface area contributed by atoms with Crippen LogP contribution < -0.4 is 10.6 Å². The summed E-state index contributed by atoms with van der Waals surface area (Å²) in [7, 11) is 0. The number of aliphatic imine (C=N–C) groups is 1. The number of amides is 1. The number of likely N-dealkylation sites (N-methyl/N-ethyl adjacent to an activating group) is 1. The Balaban J connectivity index is 1.81. The quantitative estimate of drug-likeness (QED) is 0.496. The van der Waals surface area contributed by atoms with Gasteiger partial charge in [0, 0.05) is 45.8 Å². The first-order valence-corrected chi connectivity index (χ1v) is 9.87. The van der Waals surface area contributed by atoms with Crippen LogP contribution in [0.3, 0.4) is 0 Å². The van der Waals surface area contributed by atoms with E-state index in [1.807, 2.05) is 49.1 Å². The van der Waals surface area contributed by atoms with Crippen LogP contribution >= 0.6 is 0 Å². The Bertz CT molecular complexity index is 573. The molecule has 0 unspecified atom stereocenters. The molecule has 1 aromatic carbocycles. The van der Waals surface area contributed by atoms with Gasteiger partial charge in [0.1, 0.15) is 6.54 Å². The molecule has 2 rings (SSSR count). The van der Waals surface area contributed by atoms with Gasteiger partial charge >= 0.3 is 0 Å². The van der Waals surface area contributed by atoms with E-state index in [9.17, 15) is 4.79 Å². The number of guanidine groups is 1. The second-order valence-corrected chi connectivity index (χ2v) is 6.47. The Labute approximate surface area is 162 Å². The number of nitrogens with one attached hydrogen (secondary N) is 2. The maximum atomic E-state index is 12.5. The number of nitrogens with zero attached hydrogens (tertiary/aromatic N) is 3. The Hall–Kier alpha value is -2.12. The van der Waals surface area contributed by atoms with Gasteiger partial charge in [0.25, 0.3) is 0 Å². The van der Waals surface area contributed by atoms with E-state index in [-0.39, 0.29) is 12.5 Å². The molecule has 0 aliphatic carbocycles. The van der Waals surface area contributed by atoms with Gasteiger partial charge in [0.05, 0.1) is 13.2 Å². The number of rotatable bonds is 9. The third-order valence-electron chi connectivity index (χ3n) is 4.49. The number of carbonyl (C=O) groups is 1. The molecule has 0 bridgehead atoms. The predicted molar refractivity (Wildman–Crippen MR) is 109 cm³/mol. The zero-order valence-electron chi connectivity index (χ0n) is 16.6. The van der Waals surface area contributed by atoms with E-state index in [1.54, 1.807) is 0 Å². The Kier molecular flexibility index (Phi) is 9.65. The summed E-state index contributed by atoms with van der Waals surface area (Å²) in [6.45, 7) is 11.5. The summed E-state index contributed by atoms with van der Waals surface area (Å²) >= 11 is 0. The highest BCUT2D eigenvalue weighted by atomic mass is 16.5. The molecule has 0 saturated carbocycles.